The molecular formula is C22H22N4O3. The van der Waals surface area contributed by atoms with E-state index in [1.165, 1.54) is 0 Å². The molecular weight excluding hydrogens is 368 g/mol. The van der Waals surface area contributed by atoms with Gasteiger partial charge in [0.2, 0.25) is 0 Å². The van der Waals surface area contributed by atoms with Crippen LogP contribution in [-0.4, -0.2) is 23.1 Å². The second-order valence-corrected chi connectivity index (χ2v) is 6.84. The standard InChI is InChI=1S/C22H22N4O3/c1-28-18-9-5-16(6-10-18)20(15-3-4-15)26-21(27)25-17-7-11-19(12-8-17)29-22-23-13-2-14-24-22/h2,5-15,20H,3-4H2,1H3,(H2,25,26,27). The predicted molar refractivity (Wildman–Crippen MR) is 109 cm³/mol. The minimum absolute atomic E-state index is 0.0151. The van der Waals surface area contributed by atoms with Gasteiger partial charge in [0.25, 0.3) is 0 Å². The first-order valence-corrected chi connectivity index (χ1v) is 9.47. The molecule has 0 radical (unpaired) electrons. The number of methoxy groups -OCH3 is 1. The van der Waals surface area contributed by atoms with E-state index in [1.54, 1.807) is 49.8 Å². The van der Waals surface area contributed by atoms with E-state index in [2.05, 4.69) is 20.6 Å². The number of nitrogens with zero attached hydrogens (tertiary/aromatic N) is 2. The van der Waals surface area contributed by atoms with Crippen molar-refractivity contribution in [1.82, 2.24) is 15.3 Å². The maximum Gasteiger partial charge on any atom is 0.321 e. The third-order valence-electron chi connectivity index (χ3n) is 4.72. The fourth-order valence-electron chi connectivity index (χ4n) is 3.07. The molecule has 2 N–H and O–H groups in total. The van der Waals surface area contributed by atoms with Crippen molar-refractivity contribution < 1.29 is 14.3 Å². The van der Waals surface area contributed by atoms with Crippen LogP contribution in [0.1, 0.15) is 24.4 Å². The van der Waals surface area contributed by atoms with Gasteiger partial charge in [-0.05, 0) is 66.8 Å². The van der Waals surface area contributed by atoms with Gasteiger partial charge in [-0.25, -0.2) is 14.8 Å². The second kappa shape index (κ2) is 8.60. The largest absolute Gasteiger partial charge is 0.497 e. The van der Waals surface area contributed by atoms with Gasteiger partial charge in [0.05, 0.1) is 13.2 Å². The highest BCUT2D eigenvalue weighted by Crippen LogP contribution is 2.41. The number of benzene rings is 2. The molecule has 2 amide bonds. The molecule has 3 aromatic rings. The van der Waals surface area contributed by atoms with Crippen molar-refractivity contribution in [3.8, 4) is 17.5 Å². The zero-order valence-corrected chi connectivity index (χ0v) is 16.0. The Balaban J connectivity index is 1.36. The molecule has 0 saturated heterocycles. The van der Waals surface area contributed by atoms with Gasteiger partial charge in [-0.15, -0.1) is 0 Å². The first-order valence-electron chi connectivity index (χ1n) is 9.47. The number of hydrogen-bond donors (Lipinski definition) is 2. The number of rotatable bonds is 7. The number of ether oxygens (including phenoxy) is 2. The van der Waals surface area contributed by atoms with Crippen LogP contribution >= 0.6 is 0 Å². The SMILES string of the molecule is COc1ccc(C(NC(=O)Nc2ccc(Oc3ncccn3)cc2)C2CC2)cc1. The van der Waals surface area contributed by atoms with Gasteiger partial charge in [0.15, 0.2) is 0 Å². The molecule has 29 heavy (non-hydrogen) atoms. The van der Waals surface area contributed by atoms with Gasteiger partial charge in [-0.2, -0.15) is 0 Å². The maximum atomic E-state index is 12.5. The number of urea groups is 1. The average Bonchev–Trinajstić information content (AvgIpc) is 3.60. The van der Waals surface area contributed by atoms with Crippen LogP contribution in [0.4, 0.5) is 10.5 Å². The van der Waals surface area contributed by atoms with Crippen molar-refractivity contribution in [2.24, 2.45) is 5.92 Å². The molecule has 7 nitrogen and oxygen atoms in total. The van der Waals surface area contributed by atoms with Crippen LogP contribution in [-0.2, 0) is 0 Å². The number of carbonyl (C=O) groups is 1. The van der Waals surface area contributed by atoms with E-state index >= 15 is 0 Å². The van der Waals surface area contributed by atoms with E-state index in [0.29, 0.717) is 17.4 Å². The second-order valence-electron chi connectivity index (χ2n) is 6.84. The minimum atomic E-state index is -0.238. The maximum absolute atomic E-state index is 12.5. The van der Waals surface area contributed by atoms with Crippen LogP contribution in [0, 0.1) is 5.92 Å². The summed E-state index contributed by atoms with van der Waals surface area (Å²) in [6, 6.07) is 16.6. The lowest BCUT2D eigenvalue weighted by Gasteiger charge is -2.19. The molecule has 1 aliphatic rings. The van der Waals surface area contributed by atoms with E-state index in [1.807, 2.05) is 24.3 Å². The van der Waals surface area contributed by atoms with Crippen molar-refractivity contribution in [2.45, 2.75) is 18.9 Å². The molecule has 1 heterocycles. The normalized spacial score (nSPS) is 14.0. The van der Waals surface area contributed by atoms with Crippen LogP contribution in [0.5, 0.6) is 17.5 Å². The summed E-state index contributed by atoms with van der Waals surface area (Å²) in [5.41, 5.74) is 1.75. The number of hydrogen-bond acceptors (Lipinski definition) is 5. The summed E-state index contributed by atoms with van der Waals surface area (Å²) in [5.74, 6) is 1.86. The molecule has 0 aliphatic heterocycles. The number of anilines is 1. The topological polar surface area (TPSA) is 85.4 Å². The molecule has 1 fully saturated rings. The van der Waals surface area contributed by atoms with Crippen molar-refractivity contribution in [2.75, 3.05) is 12.4 Å². The van der Waals surface area contributed by atoms with Crippen molar-refractivity contribution >= 4 is 11.7 Å². The lowest BCUT2D eigenvalue weighted by molar-refractivity contribution is 0.247. The summed E-state index contributed by atoms with van der Waals surface area (Å²) in [6.45, 7) is 0. The van der Waals surface area contributed by atoms with Gasteiger partial charge < -0.3 is 20.1 Å². The van der Waals surface area contributed by atoms with Crippen LogP contribution in [0.15, 0.2) is 67.0 Å². The number of nitrogens with one attached hydrogen (secondary N) is 2. The molecule has 7 heteroatoms. The van der Waals surface area contributed by atoms with E-state index < -0.39 is 0 Å². The zero-order chi connectivity index (χ0) is 20.1. The Morgan fingerprint density at radius 1 is 1.00 bits per heavy atom. The summed E-state index contributed by atoms with van der Waals surface area (Å²) in [7, 11) is 1.64. The molecule has 0 bridgehead atoms. The lowest BCUT2D eigenvalue weighted by Crippen LogP contribution is -2.33. The Morgan fingerprint density at radius 2 is 1.66 bits per heavy atom. The average molecular weight is 390 g/mol. The first kappa shape index (κ1) is 18.7. The summed E-state index contributed by atoms with van der Waals surface area (Å²) >= 11 is 0. The fourth-order valence-corrected chi connectivity index (χ4v) is 3.07. The number of amides is 2. The molecule has 148 valence electrons. The van der Waals surface area contributed by atoms with Crippen LogP contribution < -0.4 is 20.1 Å². The Labute approximate surface area is 169 Å². The minimum Gasteiger partial charge on any atom is -0.497 e. The van der Waals surface area contributed by atoms with Crippen LogP contribution in [0.25, 0.3) is 0 Å². The van der Waals surface area contributed by atoms with Gasteiger partial charge >= 0.3 is 12.0 Å². The van der Waals surface area contributed by atoms with Gasteiger partial charge in [0, 0.05) is 18.1 Å². The Bertz CT molecular complexity index is 942. The number of aromatic nitrogens is 2. The van der Waals surface area contributed by atoms with E-state index in [9.17, 15) is 4.79 Å². The Hall–Kier alpha value is -3.61. The van der Waals surface area contributed by atoms with Crippen molar-refractivity contribution in [3.63, 3.8) is 0 Å². The molecule has 1 saturated carbocycles. The molecule has 4 rings (SSSR count). The highest BCUT2D eigenvalue weighted by atomic mass is 16.5. The Morgan fingerprint density at radius 3 is 2.28 bits per heavy atom. The van der Waals surface area contributed by atoms with Gasteiger partial charge in [0.1, 0.15) is 11.5 Å². The van der Waals surface area contributed by atoms with Crippen LogP contribution in [0.2, 0.25) is 0 Å². The molecule has 1 atom stereocenters. The summed E-state index contributed by atoms with van der Waals surface area (Å²) in [6.07, 6.45) is 5.46. The third kappa shape index (κ3) is 5.01. The van der Waals surface area contributed by atoms with Crippen molar-refractivity contribution in [3.05, 3.63) is 72.6 Å². The Kier molecular flexibility index (Phi) is 5.56. The fraction of sp³-hybridized carbons (Fsp3) is 0.227. The third-order valence-corrected chi connectivity index (χ3v) is 4.72. The monoisotopic (exact) mass is 390 g/mol. The zero-order valence-electron chi connectivity index (χ0n) is 16.0. The summed E-state index contributed by atoms with van der Waals surface area (Å²) < 4.78 is 10.8. The van der Waals surface area contributed by atoms with E-state index in [0.717, 1.165) is 24.2 Å². The first-order chi connectivity index (χ1) is 14.2. The highest BCUT2D eigenvalue weighted by Gasteiger charge is 2.33. The summed E-state index contributed by atoms with van der Waals surface area (Å²) in [4.78, 5) is 20.6. The quantitative estimate of drug-likeness (QED) is 0.618. The van der Waals surface area contributed by atoms with Gasteiger partial charge in [-0.1, -0.05) is 12.1 Å². The van der Waals surface area contributed by atoms with E-state index in [4.69, 9.17) is 9.47 Å². The molecule has 1 unspecified atom stereocenters. The lowest BCUT2D eigenvalue weighted by atomic mass is 10.0. The molecule has 1 aliphatic carbocycles. The highest BCUT2D eigenvalue weighted by molar-refractivity contribution is 5.89. The van der Waals surface area contributed by atoms with Crippen LogP contribution in [0.3, 0.4) is 0 Å². The predicted octanol–water partition coefficient (Wildman–Crippen LogP) is 4.55. The smallest absolute Gasteiger partial charge is 0.321 e. The van der Waals surface area contributed by atoms with E-state index in [-0.39, 0.29) is 18.1 Å². The number of carbonyl (C=O) groups excluding carboxylic acids is 1. The van der Waals surface area contributed by atoms with Gasteiger partial charge in [-0.3, -0.25) is 0 Å². The molecule has 1 aromatic heterocycles. The summed E-state index contributed by atoms with van der Waals surface area (Å²) in [5, 5.41) is 5.97. The van der Waals surface area contributed by atoms with Crippen molar-refractivity contribution in [1.29, 1.82) is 0 Å². The molecule has 2 aromatic carbocycles. The molecule has 0 spiro atoms.